The molecule has 0 bridgehead atoms. The Bertz CT molecular complexity index is 598. The van der Waals surface area contributed by atoms with Crippen LogP contribution in [0.3, 0.4) is 0 Å². The lowest BCUT2D eigenvalue weighted by molar-refractivity contribution is 0.401. The number of ether oxygens (including phenoxy) is 1. The Morgan fingerprint density at radius 2 is 2.26 bits per heavy atom. The summed E-state index contributed by atoms with van der Waals surface area (Å²) in [5.74, 6) is 2.50. The number of hydrogen-bond acceptors (Lipinski definition) is 4. The molecule has 0 aliphatic heterocycles. The van der Waals surface area contributed by atoms with Crippen molar-refractivity contribution in [2.24, 2.45) is 5.92 Å². The molecule has 1 saturated carbocycles. The number of methoxy groups -OCH3 is 1. The van der Waals surface area contributed by atoms with Gasteiger partial charge in [-0.2, -0.15) is 4.98 Å². The standard InChI is InChI=1S/C13H17ClN4O/c1-8-3-4-9(5-8)18-10(6-14)17-11-12(18)15-7-16-13(11)19-2/h7-9H,3-6H2,1-2H3. The van der Waals surface area contributed by atoms with Crippen molar-refractivity contribution in [3.63, 3.8) is 0 Å². The zero-order valence-corrected chi connectivity index (χ0v) is 11.9. The summed E-state index contributed by atoms with van der Waals surface area (Å²) in [6.07, 6.45) is 5.08. The monoisotopic (exact) mass is 280 g/mol. The van der Waals surface area contributed by atoms with E-state index in [1.807, 2.05) is 0 Å². The van der Waals surface area contributed by atoms with E-state index in [4.69, 9.17) is 16.3 Å². The van der Waals surface area contributed by atoms with Gasteiger partial charge < -0.3 is 9.30 Å². The first-order chi connectivity index (χ1) is 9.24. The van der Waals surface area contributed by atoms with Gasteiger partial charge in [-0.25, -0.2) is 9.97 Å². The number of fused-ring (bicyclic) bond motifs is 1. The second-order valence-corrected chi connectivity index (χ2v) is 5.43. The predicted molar refractivity (Wildman–Crippen MR) is 73.5 cm³/mol. The van der Waals surface area contributed by atoms with Crippen LogP contribution in [-0.4, -0.2) is 26.6 Å². The van der Waals surface area contributed by atoms with Crippen molar-refractivity contribution in [1.29, 1.82) is 0 Å². The van der Waals surface area contributed by atoms with Crippen LogP contribution in [0, 0.1) is 5.92 Å². The van der Waals surface area contributed by atoms with Crippen molar-refractivity contribution < 1.29 is 4.74 Å². The van der Waals surface area contributed by atoms with Crippen LogP contribution >= 0.6 is 11.6 Å². The number of alkyl halides is 1. The largest absolute Gasteiger partial charge is 0.479 e. The Balaban J connectivity index is 2.16. The summed E-state index contributed by atoms with van der Waals surface area (Å²) < 4.78 is 7.43. The molecule has 2 aromatic rings. The highest BCUT2D eigenvalue weighted by atomic mass is 35.5. The van der Waals surface area contributed by atoms with Crippen LogP contribution in [0.5, 0.6) is 5.88 Å². The number of rotatable bonds is 3. The third kappa shape index (κ3) is 2.06. The van der Waals surface area contributed by atoms with E-state index in [9.17, 15) is 0 Å². The van der Waals surface area contributed by atoms with Gasteiger partial charge in [-0.1, -0.05) is 6.92 Å². The Kier molecular flexibility index (Phi) is 3.31. The third-order valence-corrected chi connectivity index (χ3v) is 4.10. The molecule has 1 fully saturated rings. The molecule has 1 aliphatic carbocycles. The normalized spacial score (nSPS) is 23.1. The molecule has 0 aromatic carbocycles. The molecule has 0 amide bonds. The molecular formula is C13H17ClN4O. The van der Waals surface area contributed by atoms with Gasteiger partial charge in [0.1, 0.15) is 12.2 Å². The molecular weight excluding hydrogens is 264 g/mol. The highest BCUT2D eigenvalue weighted by Gasteiger charge is 2.27. The molecule has 0 radical (unpaired) electrons. The third-order valence-electron chi connectivity index (χ3n) is 3.86. The lowest BCUT2D eigenvalue weighted by Crippen LogP contribution is -2.09. The van der Waals surface area contributed by atoms with Gasteiger partial charge in [0, 0.05) is 6.04 Å². The molecule has 102 valence electrons. The fourth-order valence-electron chi connectivity index (χ4n) is 2.97. The Hall–Kier alpha value is -1.36. The maximum atomic E-state index is 6.04. The number of nitrogens with zero attached hydrogens (tertiary/aromatic N) is 4. The first-order valence-corrected chi connectivity index (χ1v) is 7.09. The van der Waals surface area contributed by atoms with Crippen LogP contribution in [0.1, 0.15) is 38.1 Å². The van der Waals surface area contributed by atoms with Gasteiger partial charge in [0.25, 0.3) is 0 Å². The van der Waals surface area contributed by atoms with E-state index in [0.29, 0.717) is 23.3 Å². The molecule has 0 saturated heterocycles. The van der Waals surface area contributed by atoms with Crippen molar-refractivity contribution in [2.45, 2.75) is 38.1 Å². The van der Waals surface area contributed by atoms with Gasteiger partial charge in [0.2, 0.25) is 5.88 Å². The van der Waals surface area contributed by atoms with Crippen molar-refractivity contribution in [3.8, 4) is 5.88 Å². The highest BCUT2D eigenvalue weighted by molar-refractivity contribution is 6.16. The second kappa shape index (κ2) is 4.96. The van der Waals surface area contributed by atoms with E-state index < -0.39 is 0 Å². The van der Waals surface area contributed by atoms with E-state index >= 15 is 0 Å². The summed E-state index contributed by atoms with van der Waals surface area (Å²) >= 11 is 6.04. The van der Waals surface area contributed by atoms with Gasteiger partial charge in [-0.3, -0.25) is 0 Å². The summed E-state index contributed by atoms with van der Waals surface area (Å²) in [5, 5.41) is 0. The Labute approximate surface area is 117 Å². The Morgan fingerprint density at radius 3 is 2.89 bits per heavy atom. The lowest BCUT2D eigenvalue weighted by atomic mass is 10.1. The first-order valence-electron chi connectivity index (χ1n) is 6.56. The summed E-state index contributed by atoms with van der Waals surface area (Å²) in [4.78, 5) is 13.0. The van der Waals surface area contributed by atoms with Gasteiger partial charge in [-0.15, -0.1) is 11.6 Å². The zero-order chi connectivity index (χ0) is 13.4. The SMILES string of the molecule is COc1ncnc2c1nc(CCl)n2C1CCC(C)C1. The smallest absolute Gasteiger partial charge is 0.245 e. The van der Waals surface area contributed by atoms with E-state index in [0.717, 1.165) is 30.2 Å². The van der Waals surface area contributed by atoms with Crippen LogP contribution in [0.25, 0.3) is 11.2 Å². The van der Waals surface area contributed by atoms with E-state index in [2.05, 4.69) is 26.4 Å². The molecule has 2 unspecified atom stereocenters. The first kappa shape index (κ1) is 12.7. The maximum absolute atomic E-state index is 6.04. The summed E-state index contributed by atoms with van der Waals surface area (Å²) in [6, 6.07) is 0.438. The number of aromatic nitrogens is 4. The molecule has 6 heteroatoms. The van der Waals surface area contributed by atoms with Crippen LogP contribution in [0.2, 0.25) is 0 Å². The summed E-state index contributed by atoms with van der Waals surface area (Å²) in [7, 11) is 1.60. The predicted octanol–water partition coefficient (Wildman–Crippen LogP) is 2.93. The molecule has 0 N–H and O–H groups in total. The minimum atomic E-state index is 0.379. The fraction of sp³-hybridized carbons (Fsp3) is 0.615. The van der Waals surface area contributed by atoms with Crippen molar-refractivity contribution in [1.82, 2.24) is 19.5 Å². The highest BCUT2D eigenvalue weighted by Crippen LogP contribution is 2.37. The van der Waals surface area contributed by atoms with Gasteiger partial charge in [0.05, 0.1) is 13.0 Å². The van der Waals surface area contributed by atoms with Crippen LogP contribution in [0.15, 0.2) is 6.33 Å². The minimum Gasteiger partial charge on any atom is -0.479 e. The fourth-order valence-corrected chi connectivity index (χ4v) is 3.16. The number of imidazole rings is 1. The van der Waals surface area contributed by atoms with Crippen LogP contribution in [0.4, 0.5) is 0 Å². The molecule has 19 heavy (non-hydrogen) atoms. The van der Waals surface area contributed by atoms with E-state index in [1.54, 1.807) is 7.11 Å². The van der Waals surface area contributed by atoms with Gasteiger partial charge in [-0.05, 0) is 25.2 Å². The molecule has 0 spiro atoms. The van der Waals surface area contributed by atoms with Gasteiger partial charge >= 0.3 is 0 Å². The Morgan fingerprint density at radius 1 is 1.42 bits per heavy atom. The quantitative estimate of drug-likeness (QED) is 0.811. The lowest BCUT2D eigenvalue weighted by Gasteiger charge is -2.15. The van der Waals surface area contributed by atoms with E-state index in [-0.39, 0.29) is 0 Å². The molecule has 2 atom stereocenters. The van der Waals surface area contributed by atoms with Crippen LogP contribution in [-0.2, 0) is 5.88 Å². The van der Waals surface area contributed by atoms with Crippen LogP contribution < -0.4 is 4.74 Å². The summed E-state index contributed by atoms with van der Waals surface area (Å²) in [6.45, 7) is 2.29. The number of halogens is 1. The zero-order valence-electron chi connectivity index (χ0n) is 11.1. The van der Waals surface area contributed by atoms with E-state index in [1.165, 1.54) is 12.7 Å². The topological polar surface area (TPSA) is 52.8 Å². The van der Waals surface area contributed by atoms with Crippen molar-refractivity contribution >= 4 is 22.8 Å². The summed E-state index contributed by atoms with van der Waals surface area (Å²) in [5.41, 5.74) is 1.54. The molecule has 1 aliphatic rings. The molecule has 2 heterocycles. The molecule has 3 rings (SSSR count). The van der Waals surface area contributed by atoms with Crippen molar-refractivity contribution in [3.05, 3.63) is 12.2 Å². The average Bonchev–Trinajstić information content (AvgIpc) is 3.00. The van der Waals surface area contributed by atoms with Gasteiger partial charge in [0.15, 0.2) is 11.2 Å². The maximum Gasteiger partial charge on any atom is 0.245 e. The number of hydrogen-bond donors (Lipinski definition) is 0. The minimum absolute atomic E-state index is 0.379. The molecule has 5 nitrogen and oxygen atoms in total. The second-order valence-electron chi connectivity index (χ2n) is 5.16. The van der Waals surface area contributed by atoms with Crippen molar-refractivity contribution in [2.75, 3.05) is 7.11 Å². The molecule has 2 aromatic heterocycles. The average molecular weight is 281 g/mol.